The first-order valence-electron chi connectivity index (χ1n) is 5.56. The molecule has 2 unspecified atom stereocenters. The molecule has 17 heavy (non-hydrogen) atoms. The Morgan fingerprint density at radius 1 is 1.35 bits per heavy atom. The van der Waals surface area contributed by atoms with E-state index in [4.69, 9.17) is 9.84 Å². The molecule has 0 heterocycles. The number of carboxylic acids is 1. The lowest BCUT2D eigenvalue weighted by Gasteiger charge is -2.25. The van der Waals surface area contributed by atoms with Crippen LogP contribution in [0.1, 0.15) is 20.8 Å². The van der Waals surface area contributed by atoms with Crippen LogP contribution in [0.2, 0.25) is 0 Å². The first-order valence-corrected chi connectivity index (χ1v) is 5.56. The van der Waals surface area contributed by atoms with Gasteiger partial charge in [0.2, 0.25) is 0 Å². The Bertz CT molecular complexity index is 270. The van der Waals surface area contributed by atoms with Crippen LogP contribution in [0.25, 0.3) is 0 Å². The summed E-state index contributed by atoms with van der Waals surface area (Å²) >= 11 is 0. The lowest BCUT2D eigenvalue weighted by atomic mass is 10.2. The van der Waals surface area contributed by atoms with Gasteiger partial charge in [-0.1, -0.05) is 6.92 Å². The van der Waals surface area contributed by atoms with Crippen molar-refractivity contribution < 1.29 is 19.4 Å². The molecule has 0 saturated carbocycles. The van der Waals surface area contributed by atoms with Crippen molar-refractivity contribution in [2.24, 2.45) is 5.92 Å². The minimum atomic E-state index is -0.914. The van der Waals surface area contributed by atoms with E-state index in [0.29, 0.717) is 0 Å². The van der Waals surface area contributed by atoms with Crippen LogP contribution < -0.4 is 5.32 Å². The molecular weight excluding hydrogens is 224 g/mol. The average molecular weight is 246 g/mol. The summed E-state index contributed by atoms with van der Waals surface area (Å²) in [6, 6.07) is -0.426. The van der Waals surface area contributed by atoms with Gasteiger partial charge in [-0.15, -0.1) is 0 Å². The number of aliphatic carboxylic acids is 1. The van der Waals surface area contributed by atoms with E-state index in [0.717, 1.165) is 0 Å². The molecule has 0 aliphatic rings. The lowest BCUT2D eigenvalue weighted by Crippen LogP contribution is -2.47. The molecule has 0 aromatic rings. The number of amides is 2. The third-order valence-electron chi connectivity index (χ3n) is 2.74. The van der Waals surface area contributed by atoms with Crippen molar-refractivity contribution in [2.75, 3.05) is 20.7 Å². The quantitative estimate of drug-likeness (QED) is 0.725. The third kappa shape index (κ3) is 5.53. The number of hydrogen-bond acceptors (Lipinski definition) is 3. The smallest absolute Gasteiger partial charge is 0.317 e. The fourth-order valence-electron chi connectivity index (χ4n) is 1.20. The molecule has 0 aliphatic carbocycles. The maximum atomic E-state index is 11.7. The molecule has 0 fully saturated rings. The van der Waals surface area contributed by atoms with Gasteiger partial charge in [-0.05, 0) is 13.8 Å². The predicted octanol–water partition coefficient (Wildman–Crippen LogP) is 0.772. The highest BCUT2D eigenvalue weighted by Crippen LogP contribution is 2.01. The maximum absolute atomic E-state index is 11.7. The molecule has 6 heteroatoms. The van der Waals surface area contributed by atoms with E-state index in [1.807, 2.05) is 13.8 Å². The van der Waals surface area contributed by atoms with Crippen molar-refractivity contribution in [1.29, 1.82) is 0 Å². The zero-order valence-corrected chi connectivity index (χ0v) is 11.1. The fraction of sp³-hybridized carbons (Fsp3) is 0.818. The fourth-order valence-corrected chi connectivity index (χ4v) is 1.20. The number of urea groups is 1. The summed E-state index contributed by atoms with van der Waals surface area (Å²) in [6.07, 6.45) is -0.0933. The first-order chi connectivity index (χ1) is 7.79. The molecule has 0 radical (unpaired) electrons. The Balaban J connectivity index is 4.18. The van der Waals surface area contributed by atoms with Gasteiger partial charge >= 0.3 is 12.0 Å². The van der Waals surface area contributed by atoms with E-state index in [1.54, 1.807) is 21.1 Å². The van der Waals surface area contributed by atoms with Crippen molar-refractivity contribution in [2.45, 2.75) is 32.9 Å². The minimum absolute atomic E-state index is 0.0933. The predicted molar refractivity (Wildman–Crippen MR) is 63.9 cm³/mol. The van der Waals surface area contributed by atoms with Gasteiger partial charge < -0.3 is 20.1 Å². The van der Waals surface area contributed by atoms with Gasteiger partial charge in [-0.2, -0.15) is 0 Å². The molecule has 0 aromatic carbocycles. The number of methoxy groups -OCH3 is 1. The van der Waals surface area contributed by atoms with Gasteiger partial charge in [0.05, 0.1) is 18.1 Å². The van der Waals surface area contributed by atoms with Crippen molar-refractivity contribution in [3.05, 3.63) is 0 Å². The monoisotopic (exact) mass is 246 g/mol. The molecule has 2 N–H and O–H groups in total. The number of rotatable bonds is 6. The SMILES string of the molecule is COC(C)[C@@H](C)NC(=O)N(C)CC(C)C(=O)O. The zero-order valence-electron chi connectivity index (χ0n) is 11.1. The summed E-state index contributed by atoms with van der Waals surface area (Å²) in [5, 5.41) is 11.5. The van der Waals surface area contributed by atoms with Crippen molar-refractivity contribution in [3.8, 4) is 0 Å². The van der Waals surface area contributed by atoms with E-state index in [2.05, 4.69) is 5.32 Å². The third-order valence-corrected chi connectivity index (χ3v) is 2.74. The summed E-state index contributed by atoms with van der Waals surface area (Å²) < 4.78 is 5.08. The Kier molecular flexibility index (Phi) is 6.57. The topological polar surface area (TPSA) is 78.9 Å². The van der Waals surface area contributed by atoms with Gasteiger partial charge in [-0.25, -0.2) is 4.79 Å². The van der Waals surface area contributed by atoms with E-state index >= 15 is 0 Å². The Labute approximate surface area is 102 Å². The number of nitrogens with one attached hydrogen (secondary N) is 1. The Morgan fingerprint density at radius 2 is 1.88 bits per heavy atom. The summed E-state index contributed by atoms with van der Waals surface area (Å²) in [5.41, 5.74) is 0. The van der Waals surface area contributed by atoms with Gasteiger partial charge in [0.1, 0.15) is 0 Å². The molecule has 3 atom stereocenters. The van der Waals surface area contributed by atoms with Crippen molar-refractivity contribution in [3.63, 3.8) is 0 Å². The zero-order chi connectivity index (χ0) is 13.6. The molecule has 0 rings (SSSR count). The second kappa shape index (κ2) is 7.11. The molecular formula is C11H22N2O4. The average Bonchev–Trinajstić information content (AvgIpc) is 2.27. The van der Waals surface area contributed by atoms with E-state index in [9.17, 15) is 9.59 Å². The highest BCUT2D eigenvalue weighted by atomic mass is 16.5. The number of carbonyl (C=O) groups excluding carboxylic acids is 1. The molecule has 0 aliphatic heterocycles. The number of carbonyl (C=O) groups is 2. The molecule has 2 amide bonds. The molecule has 0 saturated heterocycles. The van der Waals surface area contributed by atoms with Crippen LogP contribution in [0.5, 0.6) is 0 Å². The summed E-state index contributed by atoms with van der Waals surface area (Å²) in [5.74, 6) is -1.50. The maximum Gasteiger partial charge on any atom is 0.317 e. The van der Waals surface area contributed by atoms with Gasteiger partial charge in [0.25, 0.3) is 0 Å². The van der Waals surface area contributed by atoms with E-state index in [-0.39, 0.29) is 24.7 Å². The van der Waals surface area contributed by atoms with Crippen LogP contribution in [-0.4, -0.2) is 54.9 Å². The van der Waals surface area contributed by atoms with Gasteiger partial charge in [0, 0.05) is 20.7 Å². The molecule has 100 valence electrons. The van der Waals surface area contributed by atoms with Crippen LogP contribution in [0.4, 0.5) is 4.79 Å². The van der Waals surface area contributed by atoms with Gasteiger partial charge in [-0.3, -0.25) is 4.79 Å². The normalized spacial score (nSPS) is 15.8. The van der Waals surface area contributed by atoms with Crippen LogP contribution in [-0.2, 0) is 9.53 Å². The minimum Gasteiger partial charge on any atom is -0.481 e. The Hall–Kier alpha value is -1.30. The Morgan fingerprint density at radius 3 is 2.29 bits per heavy atom. The standard InChI is InChI=1S/C11H22N2O4/c1-7(10(14)15)6-13(4)11(16)12-8(2)9(3)17-5/h7-9H,6H2,1-5H3,(H,12,16)(H,14,15)/t7?,8-,9?/m1/s1. The molecule has 0 bridgehead atoms. The second-order valence-electron chi connectivity index (χ2n) is 4.30. The van der Waals surface area contributed by atoms with Gasteiger partial charge in [0.15, 0.2) is 0 Å². The molecule has 0 spiro atoms. The van der Waals surface area contributed by atoms with Crippen LogP contribution in [0, 0.1) is 5.92 Å². The molecule has 0 aromatic heterocycles. The first kappa shape index (κ1) is 15.7. The number of ether oxygens (including phenoxy) is 1. The largest absolute Gasteiger partial charge is 0.481 e. The second-order valence-corrected chi connectivity index (χ2v) is 4.30. The van der Waals surface area contributed by atoms with E-state index < -0.39 is 11.9 Å². The van der Waals surface area contributed by atoms with Crippen molar-refractivity contribution in [1.82, 2.24) is 10.2 Å². The summed E-state index contributed by atoms with van der Waals surface area (Å²) in [7, 11) is 3.14. The lowest BCUT2D eigenvalue weighted by molar-refractivity contribution is -0.141. The number of nitrogens with zero attached hydrogens (tertiary/aromatic N) is 1. The molecule has 6 nitrogen and oxygen atoms in total. The van der Waals surface area contributed by atoms with Crippen LogP contribution in [0.15, 0.2) is 0 Å². The van der Waals surface area contributed by atoms with E-state index in [1.165, 1.54) is 4.90 Å². The van der Waals surface area contributed by atoms with Crippen LogP contribution in [0.3, 0.4) is 0 Å². The highest BCUT2D eigenvalue weighted by molar-refractivity contribution is 5.76. The summed E-state index contributed by atoms with van der Waals surface area (Å²) in [6.45, 7) is 5.42. The van der Waals surface area contributed by atoms with Crippen LogP contribution >= 0.6 is 0 Å². The highest BCUT2D eigenvalue weighted by Gasteiger charge is 2.20. The number of hydrogen-bond donors (Lipinski definition) is 2. The summed E-state index contributed by atoms with van der Waals surface area (Å²) in [4.78, 5) is 23.7. The number of carboxylic acid groups (broad SMARTS) is 1. The van der Waals surface area contributed by atoms with Crippen molar-refractivity contribution >= 4 is 12.0 Å².